The van der Waals surface area contributed by atoms with Crippen LogP contribution in [0, 0.1) is 23.0 Å². The van der Waals surface area contributed by atoms with Gasteiger partial charge >= 0.3 is 0 Å². The van der Waals surface area contributed by atoms with Gasteiger partial charge in [-0.15, -0.1) is 0 Å². The molecule has 0 aliphatic rings. The van der Waals surface area contributed by atoms with E-state index < -0.39 is 36.6 Å². The summed E-state index contributed by atoms with van der Waals surface area (Å²) in [5.41, 5.74) is 2.24. The van der Waals surface area contributed by atoms with Crippen molar-refractivity contribution in [1.82, 2.24) is 19.9 Å². The molecule has 0 aliphatic carbocycles. The van der Waals surface area contributed by atoms with Crippen LogP contribution >= 0.6 is 23.2 Å². The minimum absolute atomic E-state index is 0.0521. The summed E-state index contributed by atoms with van der Waals surface area (Å²) in [7, 11) is -8.11. The van der Waals surface area contributed by atoms with Crippen molar-refractivity contribution >= 4 is 77.0 Å². The van der Waals surface area contributed by atoms with Crippen molar-refractivity contribution in [2.24, 2.45) is 0 Å². The van der Waals surface area contributed by atoms with Crippen molar-refractivity contribution in [2.75, 3.05) is 9.44 Å². The Kier molecular flexibility index (Phi) is 9.26. The Hall–Kier alpha value is -5.01. The van der Waals surface area contributed by atoms with Crippen molar-refractivity contribution in [1.29, 1.82) is 5.26 Å². The molecule has 0 amide bonds. The quantitative estimate of drug-likeness (QED) is 0.202. The summed E-state index contributed by atoms with van der Waals surface area (Å²) in [4.78, 5) is 15.9. The molecule has 2 heterocycles. The van der Waals surface area contributed by atoms with E-state index in [-0.39, 0.29) is 32.4 Å². The van der Waals surface area contributed by atoms with Crippen molar-refractivity contribution in [2.45, 2.75) is 9.79 Å². The molecule has 232 valence electrons. The fraction of sp³-hybridized carbons (Fsp3) is 0. The van der Waals surface area contributed by atoms with E-state index >= 15 is 0 Å². The molecule has 0 atom stereocenters. The predicted octanol–water partition coefficient (Wildman–Crippen LogP) is 6.32. The van der Waals surface area contributed by atoms with Gasteiger partial charge in [-0.3, -0.25) is 9.44 Å². The zero-order chi connectivity index (χ0) is 33.1. The molecule has 0 saturated heterocycles. The van der Waals surface area contributed by atoms with Gasteiger partial charge in [-0.1, -0.05) is 53.5 Å². The van der Waals surface area contributed by atoms with Gasteiger partial charge in [-0.05, 0) is 60.7 Å². The minimum Gasteiger partial charge on any atom is -0.261 e. The number of hydrogen-bond donors (Lipinski definition) is 2. The second-order valence-corrected chi connectivity index (χ2v) is 13.2. The third-order valence-electron chi connectivity index (χ3n) is 5.99. The van der Waals surface area contributed by atoms with Gasteiger partial charge in [0.1, 0.15) is 0 Å². The summed E-state index contributed by atoms with van der Waals surface area (Å²) in [6, 6.07) is 23.5. The molecule has 6 rings (SSSR count). The van der Waals surface area contributed by atoms with Crippen LogP contribution in [0.2, 0.25) is 10.3 Å². The van der Waals surface area contributed by atoms with Crippen molar-refractivity contribution in [3.05, 3.63) is 118 Å². The lowest BCUT2D eigenvalue weighted by atomic mass is 10.2. The first kappa shape index (κ1) is 32.4. The normalized spacial score (nSPS) is 11.4. The molecule has 0 saturated carbocycles. The van der Waals surface area contributed by atoms with Gasteiger partial charge < -0.3 is 0 Å². The monoisotopic (exact) mass is 699 g/mol. The molecule has 2 aromatic heterocycles. The lowest BCUT2D eigenvalue weighted by Crippen LogP contribution is -2.15. The summed E-state index contributed by atoms with van der Waals surface area (Å²) < 4.78 is 79.8. The van der Waals surface area contributed by atoms with Gasteiger partial charge in [0.25, 0.3) is 20.0 Å². The van der Waals surface area contributed by atoms with Gasteiger partial charge in [-0.2, -0.15) is 5.26 Å². The first-order chi connectivity index (χ1) is 21.9. The van der Waals surface area contributed by atoms with Crippen LogP contribution in [0.15, 0.2) is 101 Å². The Morgan fingerprint density at radius 2 is 1.04 bits per heavy atom. The van der Waals surface area contributed by atoms with E-state index in [1.807, 2.05) is 6.07 Å². The third-order valence-corrected chi connectivity index (χ3v) is 9.19. The Morgan fingerprint density at radius 1 is 0.587 bits per heavy atom. The smallest absolute Gasteiger partial charge is 0.261 e. The van der Waals surface area contributed by atoms with Crippen LogP contribution in [0.1, 0.15) is 5.56 Å². The Labute approximate surface area is 270 Å². The molecule has 0 radical (unpaired) electrons. The van der Waals surface area contributed by atoms with Crippen molar-refractivity contribution in [3.63, 3.8) is 0 Å². The summed E-state index contributed by atoms with van der Waals surface area (Å²) >= 11 is 11.9. The number of hydrogen-bond acceptors (Lipinski definition) is 9. The number of para-hydroxylation sites is 4. The van der Waals surface area contributed by atoms with Crippen molar-refractivity contribution < 1.29 is 25.6 Å². The summed E-state index contributed by atoms with van der Waals surface area (Å²) in [5, 5.41) is 8.66. The Morgan fingerprint density at radius 3 is 1.50 bits per heavy atom. The molecule has 0 aliphatic heterocycles. The number of aromatic nitrogens is 4. The molecule has 4 aromatic carbocycles. The zero-order valence-electron chi connectivity index (χ0n) is 22.9. The molecule has 0 bridgehead atoms. The average molecular weight is 701 g/mol. The molecule has 6 aromatic rings. The average Bonchev–Trinajstić information content (AvgIpc) is 3.03. The molecule has 17 heteroatoms. The van der Waals surface area contributed by atoms with Crippen LogP contribution in [-0.2, 0) is 20.0 Å². The van der Waals surface area contributed by atoms with E-state index in [0.29, 0.717) is 28.1 Å². The second-order valence-electron chi connectivity index (χ2n) is 9.13. The maximum absolute atomic E-state index is 13.2. The highest BCUT2D eigenvalue weighted by molar-refractivity contribution is 7.93. The zero-order valence-corrected chi connectivity index (χ0v) is 26.0. The maximum atomic E-state index is 13.2. The fourth-order valence-corrected chi connectivity index (χ4v) is 6.38. The van der Waals surface area contributed by atoms with Crippen LogP contribution in [0.3, 0.4) is 0 Å². The summed E-state index contributed by atoms with van der Waals surface area (Å²) in [6.45, 7) is 0. The van der Waals surface area contributed by atoms with E-state index in [4.69, 9.17) is 28.5 Å². The molecule has 0 spiro atoms. The van der Waals surface area contributed by atoms with Crippen LogP contribution in [0.25, 0.3) is 22.1 Å². The third kappa shape index (κ3) is 7.27. The number of nitrogens with zero attached hydrogens (tertiary/aromatic N) is 5. The molecule has 0 fully saturated rings. The largest absolute Gasteiger partial charge is 0.263 e. The Bertz CT molecular complexity index is 2390. The SMILES string of the molecule is N#Cc1cccc(S(=O)(=O)Nc2nc3ccccc3nc2Cl)c1.O=S(=O)(Nc1nc2ccccc2nc1Cl)c1ccc(F)c(F)c1. The fourth-order valence-electron chi connectivity index (χ4n) is 3.84. The molecule has 0 unspecified atom stereocenters. The standard InChI is InChI=1S/C15H9ClN4O2S.C14H8ClF2N3O2S/c16-14-15(19-13-7-2-1-6-12(13)18-14)20-23(21,22)11-5-3-4-10(8-11)9-17;15-13-14(19-12-4-2-1-3-11(12)18-13)20-23(21,22)8-5-6-9(16)10(17)7-8/h1-8H,(H,19,20);1-7H,(H,19,20). The van der Waals surface area contributed by atoms with E-state index in [2.05, 4.69) is 29.4 Å². The number of sulfonamides is 2. The number of fused-ring (bicyclic) bond motifs is 2. The lowest BCUT2D eigenvalue weighted by Gasteiger charge is -2.09. The number of halogens is 4. The van der Waals surface area contributed by atoms with Gasteiger partial charge in [0, 0.05) is 0 Å². The first-order valence-corrected chi connectivity index (χ1v) is 16.4. The summed E-state index contributed by atoms with van der Waals surface area (Å²) in [5.74, 6) is -2.68. The first-order valence-electron chi connectivity index (χ1n) is 12.7. The molecule has 46 heavy (non-hydrogen) atoms. The number of anilines is 2. The van der Waals surface area contributed by atoms with E-state index in [1.54, 1.807) is 48.5 Å². The number of nitriles is 1. The lowest BCUT2D eigenvalue weighted by molar-refractivity contribution is 0.504. The number of nitrogens with one attached hydrogen (secondary N) is 2. The van der Waals surface area contributed by atoms with E-state index in [0.717, 1.165) is 12.1 Å². The van der Waals surface area contributed by atoms with Crippen LogP contribution in [0.5, 0.6) is 0 Å². The van der Waals surface area contributed by atoms with Crippen molar-refractivity contribution in [3.8, 4) is 6.07 Å². The summed E-state index contributed by atoms with van der Waals surface area (Å²) in [6.07, 6.45) is 0. The molecular formula is C29H17Cl2F2N7O4S2. The van der Waals surface area contributed by atoms with E-state index in [9.17, 15) is 25.6 Å². The van der Waals surface area contributed by atoms with Crippen LogP contribution < -0.4 is 9.44 Å². The number of benzene rings is 4. The highest BCUT2D eigenvalue weighted by atomic mass is 35.5. The molecule has 2 N–H and O–H groups in total. The topological polar surface area (TPSA) is 168 Å². The van der Waals surface area contributed by atoms with E-state index in [1.165, 1.54) is 24.3 Å². The van der Waals surface area contributed by atoms with Crippen LogP contribution in [0.4, 0.5) is 20.4 Å². The van der Waals surface area contributed by atoms with Gasteiger partial charge in [0.2, 0.25) is 0 Å². The Balaban J connectivity index is 0.000000181. The minimum atomic E-state index is -4.19. The number of rotatable bonds is 6. The molecule has 11 nitrogen and oxygen atoms in total. The second kappa shape index (κ2) is 13.2. The molecular weight excluding hydrogens is 683 g/mol. The van der Waals surface area contributed by atoms with Crippen LogP contribution in [-0.4, -0.2) is 36.8 Å². The van der Waals surface area contributed by atoms with Gasteiger partial charge in [0.15, 0.2) is 33.6 Å². The maximum Gasteiger partial charge on any atom is 0.263 e. The predicted molar refractivity (Wildman–Crippen MR) is 168 cm³/mol. The highest BCUT2D eigenvalue weighted by Crippen LogP contribution is 2.26. The highest BCUT2D eigenvalue weighted by Gasteiger charge is 2.20. The van der Waals surface area contributed by atoms with Gasteiger partial charge in [-0.25, -0.2) is 45.6 Å². The van der Waals surface area contributed by atoms with Gasteiger partial charge in [0.05, 0.1) is 43.5 Å².